The second kappa shape index (κ2) is 6.27. The minimum absolute atomic E-state index is 1.23. The first-order chi connectivity index (χ1) is 3.91. The lowest BCUT2D eigenvalue weighted by atomic mass is 10.6. The van der Waals surface area contributed by atoms with Crippen molar-refractivity contribution in [3.05, 3.63) is 17.6 Å². The van der Waals surface area contributed by atoms with Gasteiger partial charge in [0.2, 0.25) is 0 Å². The van der Waals surface area contributed by atoms with Gasteiger partial charge in [0.25, 0.3) is 0 Å². The highest BCUT2D eigenvalue weighted by molar-refractivity contribution is 6.97. The Bertz CT molecular complexity index is 75.4. The molecule has 1 aromatic rings. The molecule has 0 aromatic carbocycles. The molecule has 0 radical (unpaired) electrons. The molecule has 0 N–H and O–H groups in total. The van der Waals surface area contributed by atoms with Gasteiger partial charge in [-0.3, -0.25) is 0 Å². The van der Waals surface area contributed by atoms with Crippen LogP contribution in [0.1, 0.15) is 20.3 Å². The maximum Gasteiger partial charge on any atom is 0.397 e. The maximum absolute atomic E-state index is 3.53. The van der Waals surface area contributed by atoms with E-state index >= 15 is 0 Å². The third-order valence-corrected chi connectivity index (χ3v) is 0.620. The number of rotatable bonds is 0. The van der Waals surface area contributed by atoms with Gasteiger partial charge < -0.3 is 0 Å². The highest BCUT2D eigenvalue weighted by atomic mass is 32.1. The summed E-state index contributed by atoms with van der Waals surface area (Å²) in [7, 11) is 0. The Morgan fingerprint density at radius 1 is 1.50 bits per heavy atom. The van der Waals surface area contributed by atoms with Gasteiger partial charge in [0.15, 0.2) is 0 Å². The summed E-state index contributed by atoms with van der Waals surface area (Å²) in [5, 5.41) is 2.61. The second-order valence-corrected chi connectivity index (χ2v) is 1.80. The molecule has 0 atom stereocenters. The van der Waals surface area contributed by atoms with E-state index in [1.807, 2.05) is 0 Å². The van der Waals surface area contributed by atoms with E-state index < -0.39 is 0 Å². The summed E-state index contributed by atoms with van der Waals surface area (Å²) < 4.78 is 3.53. The van der Waals surface area contributed by atoms with Crippen molar-refractivity contribution in [2.24, 2.45) is 0 Å². The average Bonchev–Trinajstić information content (AvgIpc) is 2.17. The third-order valence-electron chi connectivity index (χ3n) is 0.244. The number of nitrogens with zero attached hydrogens (tertiary/aromatic N) is 1. The fourth-order valence-corrected chi connectivity index (χ4v) is 0.342. The van der Waals surface area contributed by atoms with Crippen LogP contribution in [0.2, 0.25) is 0 Å². The highest BCUT2D eigenvalue weighted by Gasteiger charge is 1.66. The molecule has 1 aromatic heterocycles. The first-order valence-electron chi connectivity index (χ1n) is 2.52. The molecule has 0 bridgehead atoms. The Morgan fingerprint density at radius 2 is 2.12 bits per heavy atom. The molecule has 8 heavy (non-hydrogen) atoms. The normalized spacial score (nSPS) is 5.25. The topological polar surface area (TPSA) is 14.1 Å². The monoisotopic (exact) mass is 126 g/mol. The first kappa shape index (κ1) is 7.27. The third kappa shape index (κ3) is 5.27. The van der Waals surface area contributed by atoms with Crippen molar-refractivity contribution in [1.29, 1.82) is 0 Å². The van der Waals surface area contributed by atoms with E-state index in [1.54, 1.807) is 0 Å². The summed E-state index contributed by atoms with van der Waals surface area (Å²) >= 11 is 1.23. The Morgan fingerprint density at radius 3 is 2.25 bits per heavy atom. The van der Waals surface area contributed by atoms with Crippen molar-refractivity contribution in [2.75, 3.05) is 0 Å². The summed E-state index contributed by atoms with van der Waals surface area (Å²) in [5.74, 6) is 0. The summed E-state index contributed by atoms with van der Waals surface area (Å²) in [6.45, 7) is 4.25. The molecule has 0 aliphatic carbocycles. The lowest BCUT2D eigenvalue weighted by Gasteiger charge is -1.48. The predicted molar refractivity (Wildman–Crippen MR) is 32.4 cm³/mol. The van der Waals surface area contributed by atoms with Crippen LogP contribution in [0, 0.1) is 17.6 Å². The Balaban J connectivity index is 0.000000145. The van der Waals surface area contributed by atoms with Crippen LogP contribution >= 0.6 is 11.5 Å². The van der Waals surface area contributed by atoms with Gasteiger partial charge in [-0.1, -0.05) is 20.3 Å². The van der Waals surface area contributed by atoms with Crippen LogP contribution in [0.15, 0.2) is 0 Å². The molecular formula is C6H8NS+. The molecule has 0 amide bonds. The molecule has 0 aliphatic rings. The van der Waals surface area contributed by atoms with E-state index in [9.17, 15) is 0 Å². The van der Waals surface area contributed by atoms with Crippen molar-refractivity contribution in [3.63, 3.8) is 0 Å². The molecule has 1 rings (SSSR count). The number of hydrogen-bond acceptors (Lipinski definition) is 1. The molecule has 0 spiro atoms. The summed E-state index contributed by atoms with van der Waals surface area (Å²) in [6, 6.07) is 2.52. The largest absolute Gasteiger partial charge is 0.397 e. The zero-order chi connectivity index (χ0) is 6.24. The van der Waals surface area contributed by atoms with E-state index in [2.05, 4.69) is 35.9 Å². The lowest BCUT2D eigenvalue weighted by Crippen LogP contribution is -1.68. The zero-order valence-corrected chi connectivity index (χ0v) is 5.88. The molecule has 42 valence electrons. The lowest BCUT2D eigenvalue weighted by molar-refractivity contribution is -0.201. The summed E-state index contributed by atoms with van der Waals surface area (Å²) in [4.78, 5) is 0. The van der Waals surface area contributed by atoms with Crippen LogP contribution < -0.4 is 4.37 Å². The zero-order valence-electron chi connectivity index (χ0n) is 5.06. The standard InChI is InChI=1S/C3NS.C3H8/c1-2-4-5-3-1;1-3-2/h;3H2,1-2H3/q+1;. The Hall–Kier alpha value is -0.730. The predicted octanol–water partition coefficient (Wildman–Crippen LogP) is 1.16. The minimum Gasteiger partial charge on any atom is -0.0656 e. The van der Waals surface area contributed by atoms with E-state index in [0.29, 0.717) is 0 Å². The van der Waals surface area contributed by atoms with Crippen LogP contribution in [-0.4, -0.2) is 0 Å². The molecular weight excluding hydrogens is 118 g/mol. The van der Waals surface area contributed by atoms with Crippen LogP contribution in [0.3, 0.4) is 0 Å². The molecule has 0 fully saturated rings. The van der Waals surface area contributed by atoms with Gasteiger partial charge in [-0.25, -0.2) is 0 Å². The number of hydrogen-bond donors (Lipinski definition) is 0. The molecule has 1 nitrogen and oxygen atoms in total. The van der Waals surface area contributed by atoms with Gasteiger partial charge >= 0.3 is 17.7 Å². The Kier molecular flexibility index (Phi) is 5.70. The summed E-state index contributed by atoms with van der Waals surface area (Å²) in [5.41, 5.74) is 0. The van der Waals surface area contributed by atoms with Crippen LogP contribution in [-0.2, 0) is 0 Å². The second-order valence-electron chi connectivity index (χ2n) is 1.23. The smallest absolute Gasteiger partial charge is 0.0656 e. The number of aromatic nitrogens is 1. The van der Waals surface area contributed by atoms with Gasteiger partial charge in [0, 0.05) is 0 Å². The Labute approximate surface area is 54.5 Å². The molecule has 0 aliphatic heterocycles. The molecule has 2 heteroatoms. The molecule has 1 heterocycles. The van der Waals surface area contributed by atoms with Crippen molar-refractivity contribution in [3.8, 4) is 0 Å². The summed E-state index contributed by atoms with van der Waals surface area (Å²) in [6.07, 6.45) is 3.70. The van der Waals surface area contributed by atoms with Crippen molar-refractivity contribution >= 4 is 11.5 Å². The van der Waals surface area contributed by atoms with Gasteiger partial charge in [0.05, 0.1) is 15.8 Å². The van der Waals surface area contributed by atoms with Crippen molar-refractivity contribution in [2.45, 2.75) is 20.3 Å². The van der Waals surface area contributed by atoms with E-state index in [0.717, 1.165) is 0 Å². The van der Waals surface area contributed by atoms with Crippen LogP contribution in [0.5, 0.6) is 0 Å². The van der Waals surface area contributed by atoms with Gasteiger partial charge in [-0.15, -0.1) is 0 Å². The quantitative estimate of drug-likeness (QED) is 0.509. The maximum atomic E-state index is 3.53. The first-order valence-corrected chi connectivity index (χ1v) is 3.30. The van der Waals surface area contributed by atoms with Crippen LogP contribution in [0.4, 0.5) is 0 Å². The molecule has 0 saturated heterocycles. The van der Waals surface area contributed by atoms with E-state index in [-0.39, 0.29) is 0 Å². The van der Waals surface area contributed by atoms with Gasteiger partial charge in [0.1, 0.15) is 0 Å². The van der Waals surface area contributed by atoms with Gasteiger partial charge in [-0.2, -0.15) is 0 Å². The van der Waals surface area contributed by atoms with Gasteiger partial charge in [-0.05, 0) is 0 Å². The average molecular weight is 126 g/mol. The van der Waals surface area contributed by atoms with E-state index in [1.165, 1.54) is 18.0 Å². The van der Waals surface area contributed by atoms with Crippen LogP contribution in [0.25, 0.3) is 0 Å². The van der Waals surface area contributed by atoms with E-state index in [4.69, 9.17) is 0 Å². The molecule has 0 saturated carbocycles. The SMILES string of the molecule is CCC.c1c#[n+]sc#1. The fourth-order valence-electron chi connectivity index (χ4n) is 0.114. The fraction of sp³-hybridized carbons (Fsp3) is 0.500. The van der Waals surface area contributed by atoms with Crippen molar-refractivity contribution < 1.29 is 4.37 Å². The highest BCUT2D eigenvalue weighted by Crippen LogP contribution is 1.57. The minimum atomic E-state index is 1.23. The molecule has 0 unspecified atom stereocenters. The van der Waals surface area contributed by atoms with Crippen molar-refractivity contribution in [1.82, 2.24) is 0 Å².